The molecule has 1 heterocycles. The molecule has 140 valence electrons. The summed E-state index contributed by atoms with van der Waals surface area (Å²) in [4.78, 5) is 16.1. The van der Waals surface area contributed by atoms with Gasteiger partial charge >= 0.3 is 0 Å². The molecule has 0 spiro atoms. The van der Waals surface area contributed by atoms with E-state index in [0.29, 0.717) is 21.6 Å². The van der Waals surface area contributed by atoms with Crippen LogP contribution in [-0.2, 0) is 11.3 Å². The van der Waals surface area contributed by atoms with E-state index in [0.717, 1.165) is 11.3 Å². The van der Waals surface area contributed by atoms with Crippen molar-refractivity contribution in [2.24, 2.45) is 0 Å². The van der Waals surface area contributed by atoms with Crippen LogP contribution in [0.15, 0.2) is 47.0 Å². The van der Waals surface area contributed by atoms with Crippen LogP contribution in [0.1, 0.15) is 5.89 Å². The lowest BCUT2D eigenvalue weighted by Crippen LogP contribution is -2.28. The molecule has 0 aliphatic heterocycles. The fourth-order valence-corrected chi connectivity index (χ4v) is 2.61. The first kappa shape index (κ1) is 19.0. The van der Waals surface area contributed by atoms with Crippen LogP contribution in [0.3, 0.4) is 0 Å². The molecule has 0 saturated carbocycles. The average Bonchev–Trinajstić information content (AvgIpc) is 3.15. The fourth-order valence-electron chi connectivity index (χ4n) is 2.14. The summed E-state index contributed by atoms with van der Waals surface area (Å²) in [5, 5.41) is 7.34. The van der Waals surface area contributed by atoms with E-state index in [9.17, 15) is 4.79 Å². The molecule has 27 heavy (non-hydrogen) atoms. The third-order valence-electron chi connectivity index (χ3n) is 3.51. The Morgan fingerprint density at radius 2 is 1.96 bits per heavy atom. The molecule has 1 aromatic heterocycles. The van der Waals surface area contributed by atoms with Gasteiger partial charge in [0.15, 0.2) is 6.61 Å². The standard InChI is InChI=1S/C18H15Cl2N3O4/c1-25-13-5-2-11(3-6-13)18-22-17(27-23-18)9-21-16(24)10-26-15-7-4-12(19)8-14(15)20/h2-8H,9-10H2,1H3,(H,21,24). The van der Waals surface area contributed by atoms with Gasteiger partial charge in [0.25, 0.3) is 5.91 Å². The van der Waals surface area contributed by atoms with Crippen molar-refractivity contribution in [2.75, 3.05) is 13.7 Å². The van der Waals surface area contributed by atoms with Crippen LogP contribution in [0, 0.1) is 0 Å². The number of nitrogens with zero attached hydrogens (tertiary/aromatic N) is 2. The first-order chi connectivity index (χ1) is 13.0. The Morgan fingerprint density at radius 1 is 1.19 bits per heavy atom. The summed E-state index contributed by atoms with van der Waals surface area (Å²) in [5.74, 6) is 1.45. The second-order valence-electron chi connectivity index (χ2n) is 5.38. The van der Waals surface area contributed by atoms with Gasteiger partial charge in [0, 0.05) is 10.6 Å². The molecule has 0 bridgehead atoms. The highest BCUT2D eigenvalue weighted by Crippen LogP contribution is 2.27. The van der Waals surface area contributed by atoms with E-state index in [1.807, 2.05) is 12.1 Å². The molecule has 7 nitrogen and oxygen atoms in total. The van der Waals surface area contributed by atoms with Crippen molar-refractivity contribution >= 4 is 29.1 Å². The molecule has 0 saturated heterocycles. The van der Waals surface area contributed by atoms with E-state index < -0.39 is 0 Å². The van der Waals surface area contributed by atoms with Crippen molar-refractivity contribution in [3.05, 3.63) is 58.4 Å². The van der Waals surface area contributed by atoms with Crippen molar-refractivity contribution in [1.82, 2.24) is 15.5 Å². The van der Waals surface area contributed by atoms with Gasteiger partial charge in [0.2, 0.25) is 11.7 Å². The third kappa shape index (κ3) is 5.12. The van der Waals surface area contributed by atoms with E-state index in [-0.39, 0.29) is 24.9 Å². The Bertz CT molecular complexity index is 929. The normalized spacial score (nSPS) is 10.5. The molecule has 0 atom stereocenters. The lowest BCUT2D eigenvalue weighted by atomic mass is 10.2. The summed E-state index contributed by atoms with van der Waals surface area (Å²) in [5.41, 5.74) is 0.776. The van der Waals surface area contributed by atoms with Crippen LogP contribution in [0.25, 0.3) is 11.4 Å². The lowest BCUT2D eigenvalue weighted by molar-refractivity contribution is -0.123. The summed E-state index contributed by atoms with van der Waals surface area (Å²) in [6.07, 6.45) is 0. The van der Waals surface area contributed by atoms with Crippen LogP contribution in [-0.4, -0.2) is 29.8 Å². The van der Waals surface area contributed by atoms with Crippen molar-refractivity contribution in [3.63, 3.8) is 0 Å². The molecule has 1 amide bonds. The van der Waals surface area contributed by atoms with E-state index >= 15 is 0 Å². The highest BCUT2D eigenvalue weighted by atomic mass is 35.5. The molecule has 0 aliphatic carbocycles. The zero-order chi connectivity index (χ0) is 19.2. The topological polar surface area (TPSA) is 86.5 Å². The van der Waals surface area contributed by atoms with E-state index in [1.165, 1.54) is 6.07 Å². The first-order valence-corrected chi connectivity index (χ1v) is 8.62. The maximum atomic E-state index is 11.9. The van der Waals surface area contributed by atoms with Crippen molar-refractivity contribution in [3.8, 4) is 22.9 Å². The van der Waals surface area contributed by atoms with Crippen molar-refractivity contribution < 1.29 is 18.8 Å². The van der Waals surface area contributed by atoms with Gasteiger partial charge in [0.1, 0.15) is 11.5 Å². The number of halogens is 2. The third-order valence-corrected chi connectivity index (χ3v) is 4.04. The van der Waals surface area contributed by atoms with Crippen molar-refractivity contribution in [2.45, 2.75) is 6.54 Å². The molecule has 0 unspecified atom stereocenters. The zero-order valence-electron chi connectivity index (χ0n) is 14.2. The summed E-state index contributed by atoms with van der Waals surface area (Å²) >= 11 is 11.8. The van der Waals surface area contributed by atoms with Gasteiger partial charge < -0.3 is 19.3 Å². The van der Waals surface area contributed by atoms with Crippen LogP contribution in [0.5, 0.6) is 11.5 Å². The largest absolute Gasteiger partial charge is 0.497 e. The second kappa shape index (κ2) is 8.75. The number of carbonyl (C=O) groups excluding carboxylic acids is 1. The highest BCUT2D eigenvalue weighted by Gasteiger charge is 2.11. The Kier molecular flexibility index (Phi) is 6.16. The monoisotopic (exact) mass is 407 g/mol. The maximum absolute atomic E-state index is 11.9. The predicted molar refractivity (Wildman–Crippen MR) is 100 cm³/mol. The van der Waals surface area contributed by atoms with Crippen LogP contribution in [0.4, 0.5) is 0 Å². The number of hydrogen-bond donors (Lipinski definition) is 1. The fraction of sp³-hybridized carbons (Fsp3) is 0.167. The summed E-state index contributed by atoms with van der Waals surface area (Å²) in [7, 11) is 1.59. The number of nitrogens with one attached hydrogen (secondary N) is 1. The van der Waals surface area contributed by atoms with Gasteiger partial charge in [-0.25, -0.2) is 0 Å². The number of hydrogen-bond acceptors (Lipinski definition) is 6. The maximum Gasteiger partial charge on any atom is 0.258 e. The molecule has 3 rings (SSSR count). The molecule has 9 heteroatoms. The quantitative estimate of drug-likeness (QED) is 0.641. The predicted octanol–water partition coefficient (Wildman–Crippen LogP) is 3.75. The average molecular weight is 408 g/mol. The van der Waals surface area contributed by atoms with E-state index in [4.69, 9.17) is 37.2 Å². The summed E-state index contributed by atoms with van der Waals surface area (Å²) < 4.78 is 15.6. The van der Waals surface area contributed by atoms with E-state index in [2.05, 4.69) is 15.5 Å². The molecule has 0 radical (unpaired) electrons. The zero-order valence-corrected chi connectivity index (χ0v) is 15.8. The molecule has 2 aromatic carbocycles. The van der Waals surface area contributed by atoms with Crippen LogP contribution >= 0.6 is 23.2 Å². The minimum Gasteiger partial charge on any atom is -0.497 e. The Labute approximate surface area is 165 Å². The van der Waals surface area contributed by atoms with Gasteiger partial charge in [-0.3, -0.25) is 4.79 Å². The Morgan fingerprint density at radius 3 is 2.67 bits per heavy atom. The van der Waals surface area contributed by atoms with E-state index in [1.54, 1.807) is 31.4 Å². The Balaban J connectivity index is 1.51. The molecule has 3 aromatic rings. The molecule has 1 N–H and O–H groups in total. The number of aromatic nitrogens is 2. The highest BCUT2D eigenvalue weighted by molar-refractivity contribution is 6.35. The Hall–Kier alpha value is -2.77. The number of methoxy groups -OCH3 is 1. The number of amides is 1. The number of ether oxygens (including phenoxy) is 2. The van der Waals surface area contributed by atoms with Gasteiger partial charge in [-0.15, -0.1) is 0 Å². The van der Waals surface area contributed by atoms with Crippen molar-refractivity contribution in [1.29, 1.82) is 0 Å². The van der Waals surface area contributed by atoms with Crippen LogP contribution < -0.4 is 14.8 Å². The first-order valence-electron chi connectivity index (χ1n) is 7.86. The molecular formula is C18H15Cl2N3O4. The number of benzene rings is 2. The lowest BCUT2D eigenvalue weighted by Gasteiger charge is -2.07. The SMILES string of the molecule is COc1ccc(-c2noc(CNC(=O)COc3ccc(Cl)cc3Cl)n2)cc1. The summed E-state index contributed by atoms with van der Waals surface area (Å²) in [6, 6.07) is 12.0. The molecular weight excluding hydrogens is 393 g/mol. The van der Waals surface area contributed by atoms with Gasteiger partial charge in [-0.1, -0.05) is 28.4 Å². The van der Waals surface area contributed by atoms with Crippen LogP contribution in [0.2, 0.25) is 10.0 Å². The minimum absolute atomic E-state index is 0.0830. The number of carbonyl (C=O) groups is 1. The van der Waals surface area contributed by atoms with Gasteiger partial charge in [-0.2, -0.15) is 4.98 Å². The summed E-state index contributed by atoms with van der Waals surface area (Å²) in [6.45, 7) is -0.124. The molecule has 0 fully saturated rings. The van der Waals surface area contributed by atoms with Gasteiger partial charge in [0.05, 0.1) is 18.7 Å². The second-order valence-corrected chi connectivity index (χ2v) is 6.22. The minimum atomic E-state index is -0.356. The molecule has 0 aliphatic rings. The van der Waals surface area contributed by atoms with Gasteiger partial charge in [-0.05, 0) is 42.5 Å². The smallest absolute Gasteiger partial charge is 0.258 e. The number of rotatable bonds is 7.